The van der Waals surface area contributed by atoms with Crippen LogP contribution < -0.4 is 14.8 Å². The van der Waals surface area contributed by atoms with E-state index in [0.29, 0.717) is 26.1 Å². The second-order valence-electron chi connectivity index (χ2n) is 5.46. The molecule has 23 heavy (non-hydrogen) atoms. The lowest BCUT2D eigenvalue weighted by Gasteiger charge is -2.26. The summed E-state index contributed by atoms with van der Waals surface area (Å²) in [6, 6.07) is 5.87. The van der Waals surface area contributed by atoms with Crippen molar-refractivity contribution in [2.75, 3.05) is 20.3 Å². The lowest BCUT2D eigenvalue weighted by atomic mass is 9.96. The van der Waals surface area contributed by atoms with Gasteiger partial charge in [0.1, 0.15) is 6.33 Å². The number of hydrogen-bond acceptors (Lipinski definition) is 6. The number of hydrogen-bond donors (Lipinski definition) is 1. The van der Waals surface area contributed by atoms with E-state index in [9.17, 15) is 4.79 Å². The molecule has 1 atom stereocenters. The average molecular weight is 317 g/mol. The monoisotopic (exact) mass is 317 g/mol. The zero-order valence-corrected chi connectivity index (χ0v) is 12.9. The van der Waals surface area contributed by atoms with Crippen molar-refractivity contribution in [1.29, 1.82) is 0 Å². The lowest BCUT2D eigenvalue weighted by Crippen LogP contribution is -2.35. The standard InChI is InChI=1S/C15H19N5O3/c1-22-13-4-2-3-12-7-11(9-23-15(12)13)8-16-14(21)5-6-20-10-17-18-19-20/h2-4,10-11H,5-9H2,1H3,(H,16,21)/t11-/m0/s1. The maximum atomic E-state index is 11.9. The van der Waals surface area contributed by atoms with Gasteiger partial charge >= 0.3 is 0 Å². The van der Waals surface area contributed by atoms with Crippen LogP contribution in [-0.4, -0.2) is 46.4 Å². The number of para-hydroxylation sites is 1. The summed E-state index contributed by atoms with van der Waals surface area (Å²) in [7, 11) is 1.63. The number of methoxy groups -OCH3 is 1. The molecule has 0 aliphatic carbocycles. The van der Waals surface area contributed by atoms with E-state index in [-0.39, 0.29) is 11.8 Å². The van der Waals surface area contributed by atoms with Crippen LogP contribution >= 0.6 is 0 Å². The van der Waals surface area contributed by atoms with Crippen LogP contribution in [0.15, 0.2) is 24.5 Å². The second kappa shape index (κ2) is 7.08. The molecule has 0 fully saturated rings. The highest BCUT2D eigenvalue weighted by Crippen LogP contribution is 2.35. The molecule has 8 heteroatoms. The number of carbonyl (C=O) groups is 1. The third kappa shape index (κ3) is 3.77. The third-order valence-electron chi connectivity index (χ3n) is 3.80. The Bertz CT molecular complexity index is 659. The Hall–Kier alpha value is -2.64. The molecular weight excluding hydrogens is 298 g/mol. The molecule has 0 saturated heterocycles. The fourth-order valence-electron chi connectivity index (χ4n) is 2.59. The Labute approximate surface area is 133 Å². The summed E-state index contributed by atoms with van der Waals surface area (Å²) in [6.07, 6.45) is 2.70. The Morgan fingerprint density at radius 2 is 2.43 bits per heavy atom. The molecule has 122 valence electrons. The summed E-state index contributed by atoms with van der Waals surface area (Å²) in [6.45, 7) is 1.63. The van der Waals surface area contributed by atoms with Crippen molar-refractivity contribution in [2.24, 2.45) is 5.92 Å². The Morgan fingerprint density at radius 3 is 3.22 bits per heavy atom. The summed E-state index contributed by atoms with van der Waals surface area (Å²) in [5.74, 6) is 1.81. The Kier molecular flexibility index (Phi) is 4.70. The van der Waals surface area contributed by atoms with Crippen LogP contribution in [0.1, 0.15) is 12.0 Å². The van der Waals surface area contributed by atoms with Gasteiger partial charge < -0.3 is 14.8 Å². The number of rotatable bonds is 6. The van der Waals surface area contributed by atoms with Crippen molar-refractivity contribution < 1.29 is 14.3 Å². The number of tetrazole rings is 1. The molecule has 1 aromatic carbocycles. The molecule has 1 aliphatic rings. The minimum Gasteiger partial charge on any atom is -0.493 e. The molecule has 0 bridgehead atoms. The van der Waals surface area contributed by atoms with Gasteiger partial charge in [0, 0.05) is 18.9 Å². The number of benzene rings is 1. The zero-order valence-electron chi connectivity index (χ0n) is 12.9. The number of nitrogens with one attached hydrogen (secondary N) is 1. The normalized spacial score (nSPS) is 16.3. The predicted octanol–water partition coefficient (Wildman–Crippen LogP) is 0.439. The molecule has 0 radical (unpaired) electrons. The van der Waals surface area contributed by atoms with Crippen molar-refractivity contribution in [2.45, 2.75) is 19.4 Å². The van der Waals surface area contributed by atoms with Crippen molar-refractivity contribution in [3.05, 3.63) is 30.1 Å². The largest absolute Gasteiger partial charge is 0.493 e. The zero-order chi connectivity index (χ0) is 16.1. The predicted molar refractivity (Wildman–Crippen MR) is 81.1 cm³/mol. The topological polar surface area (TPSA) is 91.2 Å². The maximum Gasteiger partial charge on any atom is 0.221 e. The van der Waals surface area contributed by atoms with Gasteiger partial charge in [-0.3, -0.25) is 4.79 Å². The summed E-state index contributed by atoms with van der Waals surface area (Å²) in [4.78, 5) is 11.9. The van der Waals surface area contributed by atoms with Crippen molar-refractivity contribution in [3.63, 3.8) is 0 Å². The van der Waals surface area contributed by atoms with Crippen LogP contribution in [0.4, 0.5) is 0 Å². The minimum atomic E-state index is -0.0167. The van der Waals surface area contributed by atoms with Crippen LogP contribution in [-0.2, 0) is 17.8 Å². The van der Waals surface area contributed by atoms with Crippen LogP contribution in [0, 0.1) is 5.92 Å². The van der Waals surface area contributed by atoms with Crippen molar-refractivity contribution in [3.8, 4) is 11.5 Å². The number of aromatic nitrogens is 4. The van der Waals surface area contributed by atoms with Gasteiger partial charge in [0.05, 0.1) is 20.3 Å². The van der Waals surface area contributed by atoms with Crippen LogP contribution in [0.3, 0.4) is 0 Å². The van der Waals surface area contributed by atoms with Gasteiger partial charge in [0.25, 0.3) is 0 Å². The van der Waals surface area contributed by atoms with E-state index >= 15 is 0 Å². The van der Waals surface area contributed by atoms with E-state index in [1.807, 2.05) is 18.2 Å². The Balaban J connectivity index is 1.47. The van der Waals surface area contributed by atoms with E-state index in [0.717, 1.165) is 23.5 Å². The summed E-state index contributed by atoms with van der Waals surface area (Å²) < 4.78 is 12.6. The first-order chi connectivity index (χ1) is 11.3. The van der Waals surface area contributed by atoms with Crippen LogP contribution in [0.2, 0.25) is 0 Å². The molecular formula is C15H19N5O3. The van der Waals surface area contributed by atoms with Crippen molar-refractivity contribution >= 4 is 5.91 Å². The summed E-state index contributed by atoms with van der Waals surface area (Å²) in [5, 5.41) is 13.7. The van der Waals surface area contributed by atoms with E-state index in [2.05, 4.69) is 20.8 Å². The fraction of sp³-hybridized carbons (Fsp3) is 0.467. The van der Waals surface area contributed by atoms with Gasteiger partial charge in [0.15, 0.2) is 11.5 Å². The van der Waals surface area contributed by atoms with E-state index < -0.39 is 0 Å². The summed E-state index contributed by atoms with van der Waals surface area (Å²) >= 11 is 0. The van der Waals surface area contributed by atoms with E-state index in [1.165, 1.54) is 11.0 Å². The number of nitrogens with zero attached hydrogens (tertiary/aromatic N) is 4. The average Bonchev–Trinajstić information content (AvgIpc) is 3.10. The van der Waals surface area contributed by atoms with Gasteiger partial charge in [-0.2, -0.15) is 0 Å². The SMILES string of the molecule is COc1cccc2c1OC[C@H](CNC(=O)CCn1cnnn1)C2. The van der Waals surface area contributed by atoms with Crippen molar-refractivity contribution in [1.82, 2.24) is 25.5 Å². The van der Waals surface area contributed by atoms with Gasteiger partial charge in [-0.25, -0.2) is 4.68 Å². The third-order valence-corrected chi connectivity index (χ3v) is 3.80. The van der Waals surface area contributed by atoms with E-state index in [4.69, 9.17) is 9.47 Å². The van der Waals surface area contributed by atoms with Crippen LogP contribution in [0.5, 0.6) is 11.5 Å². The maximum absolute atomic E-state index is 11.9. The molecule has 1 amide bonds. The smallest absolute Gasteiger partial charge is 0.221 e. The molecule has 0 saturated carbocycles. The minimum absolute atomic E-state index is 0.0167. The molecule has 0 spiro atoms. The first kappa shape index (κ1) is 15.3. The highest BCUT2D eigenvalue weighted by Gasteiger charge is 2.22. The van der Waals surface area contributed by atoms with Gasteiger partial charge in [-0.15, -0.1) is 5.10 Å². The molecule has 3 rings (SSSR count). The quantitative estimate of drug-likeness (QED) is 0.831. The van der Waals surface area contributed by atoms with Gasteiger partial charge in [0.2, 0.25) is 5.91 Å². The fourth-order valence-corrected chi connectivity index (χ4v) is 2.59. The molecule has 1 N–H and O–H groups in total. The number of carbonyl (C=O) groups excluding carboxylic acids is 1. The first-order valence-electron chi connectivity index (χ1n) is 7.52. The number of aryl methyl sites for hydroxylation is 1. The first-order valence-corrected chi connectivity index (χ1v) is 7.52. The number of amides is 1. The highest BCUT2D eigenvalue weighted by atomic mass is 16.5. The molecule has 8 nitrogen and oxygen atoms in total. The molecule has 2 heterocycles. The van der Waals surface area contributed by atoms with Gasteiger partial charge in [-0.1, -0.05) is 12.1 Å². The molecule has 2 aromatic rings. The lowest BCUT2D eigenvalue weighted by molar-refractivity contribution is -0.121. The molecule has 1 aliphatic heterocycles. The highest BCUT2D eigenvalue weighted by molar-refractivity contribution is 5.75. The van der Waals surface area contributed by atoms with Gasteiger partial charge in [-0.05, 0) is 28.5 Å². The number of fused-ring (bicyclic) bond motifs is 1. The summed E-state index contributed by atoms with van der Waals surface area (Å²) in [5.41, 5.74) is 1.11. The van der Waals surface area contributed by atoms with Crippen LogP contribution in [0.25, 0.3) is 0 Å². The molecule has 0 unspecified atom stereocenters. The molecule has 1 aromatic heterocycles. The van der Waals surface area contributed by atoms with E-state index in [1.54, 1.807) is 7.11 Å². The number of ether oxygens (including phenoxy) is 2. The Morgan fingerprint density at radius 1 is 1.52 bits per heavy atom. The second-order valence-corrected chi connectivity index (χ2v) is 5.46.